The fraction of sp³-hybridized carbons (Fsp3) is 0.571. The molecular formula is C14H22O4. The van der Waals surface area contributed by atoms with Gasteiger partial charge in [0.1, 0.15) is 13.2 Å². The van der Waals surface area contributed by atoms with Crippen molar-refractivity contribution in [1.82, 2.24) is 0 Å². The quantitative estimate of drug-likeness (QED) is 0.316. The van der Waals surface area contributed by atoms with E-state index in [2.05, 4.69) is 6.58 Å². The second-order valence-corrected chi connectivity index (χ2v) is 5.00. The smallest absolute Gasteiger partial charge is 0.333 e. The van der Waals surface area contributed by atoms with Gasteiger partial charge in [-0.15, -0.1) is 0 Å². The highest BCUT2D eigenvalue weighted by Gasteiger charge is 2.26. The van der Waals surface area contributed by atoms with Crippen LogP contribution in [0.4, 0.5) is 0 Å². The first-order chi connectivity index (χ1) is 8.16. The minimum atomic E-state index is -0.669. The Morgan fingerprint density at radius 1 is 1.11 bits per heavy atom. The van der Waals surface area contributed by atoms with E-state index in [1.807, 2.05) is 19.9 Å². The average molecular weight is 254 g/mol. The Morgan fingerprint density at radius 2 is 1.61 bits per heavy atom. The van der Waals surface area contributed by atoms with Gasteiger partial charge in [-0.1, -0.05) is 18.2 Å². The van der Waals surface area contributed by atoms with Crippen molar-refractivity contribution in [1.29, 1.82) is 0 Å². The third kappa shape index (κ3) is 6.23. The highest BCUT2D eigenvalue weighted by Crippen LogP contribution is 2.21. The third-order valence-electron chi connectivity index (χ3n) is 2.07. The molecule has 18 heavy (non-hydrogen) atoms. The molecule has 0 aromatic rings. The standard InChI is InChI=1S/C14H22O4/c1-10(2)9-14(5,6)13(16)18-8-7-17-12(15)11(3)4/h9H,3,7-8H2,1-2,4-6H3. The molecule has 0 bridgehead atoms. The average Bonchev–Trinajstić information content (AvgIpc) is 2.21. The molecule has 0 amide bonds. The topological polar surface area (TPSA) is 52.6 Å². The van der Waals surface area contributed by atoms with Crippen molar-refractivity contribution in [3.05, 3.63) is 23.8 Å². The van der Waals surface area contributed by atoms with E-state index in [4.69, 9.17) is 9.47 Å². The minimum absolute atomic E-state index is 0.0440. The summed E-state index contributed by atoms with van der Waals surface area (Å²) < 4.78 is 9.86. The Labute approximate surface area is 109 Å². The second-order valence-electron chi connectivity index (χ2n) is 5.00. The normalized spacial score (nSPS) is 10.5. The van der Waals surface area contributed by atoms with Gasteiger partial charge in [0, 0.05) is 5.57 Å². The van der Waals surface area contributed by atoms with Crippen molar-refractivity contribution in [3.63, 3.8) is 0 Å². The van der Waals surface area contributed by atoms with Gasteiger partial charge in [0.05, 0.1) is 5.41 Å². The summed E-state index contributed by atoms with van der Waals surface area (Å²) in [4.78, 5) is 22.8. The SMILES string of the molecule is C=C(C)C(=O)OCCOC(=O)C(C)(C)C=C(C)C. The molecule has 0 heterocycles. The largest absolute Gasteiger partial charge is 0.461 e. The van der Waals surface area contributed by atoms with Crippen LogP contribution in [0, 0.1) is 5.41 Å². The van der Waals surface area contributed by atoms with Gasteiger partial charge in [-0.2, -0.15) is 0 Å². The summed E-state index contributed by atoms with van der Waals surface area (Å²) in [5.74, 6) is -0.815. The molecule has 0 aliphatic carbocycles. The van der Waals surface area contributed by atoms with E-state index in [0.717, 1.165) is 5.57 Å². The molecule has 0 saturated heterocycles. The van der Waals surface area contributed by atoms with Crippen molar-refractivity contribution >= 4 is 11.9 Å². The van der Waals surface area contributed by atoms with Gasteiger partial charge in [0.15, 0.2) is 0 Å². The molecule has 0 spiro atoms. The number of rotatable bonds is 6. The van der Waals surface area contributed by atoms with E-state index in [1.165, 1.54) is 0 Å². The van der Waals surface area contributed by atoms with Crippen LogP contribution >= 0.6 is 0 Å². The van der Waals surface area contributed by atoms with Gasteiger partial charge < -0.3 is 9.47 Å². The summed E-state index contributed by atoms with van der Waals surface area (Å²) >= 11 is 0. The predicted octanol–water partition coefficient (Wildman–Crippen LogP) is 2.64. The summed E-state index contributed by atoms with van der Waals surface area (Å²) in [5.41, 5.74) is 0.703. The molecule has 0 radical (unpaired) electrons. The number of hydrogen-bond donors (Lipinski definition) is 0. The van der Waals surface area contributed by atoms with Crippen molar-refractivity contribution < 1.29 is 19.1 Å². The van der Waals surface area contributed by atoms with E-state index < -0.39 is 11.4 Å². The molecule has 0 aliphatic rings. The van der Waals surface area contributed by atoms with Crippen LogP contribution in [0.1, 0.15) is 34.6 Å². The fourth-order valence-electron chi connectivity index (χ4n) is 1.36. The number of hydrogen-bond acceptors (Lipinski definition) is 4. The molecule has 4 heteroatoms. The zero-order chi connectivity index (χ0) is 14.3. The molecule has 0 saturated carbocycles. The molecule has 0 N–H and O–H groups in total. The summed E-state index contributed by atoms with van der Waals surface area (Å²) in [6, 6.07) is 0. The number of ether oxygens (including phenoxy) is 2. The summed E-state index contributed by atoms with van der Waals surface area (Å²) in [6.45, 7) is 12.5. The molecule has 0 unspecified atom stereocenters. The Hall–Kier alpha value is -1.58. The lowest BCUT2D eigenvalue weighted by Gasteiger charge is -2.19. The maximum atomic E-state index is 11.8. The van der Waals surface area contributed by atoms with E-state index >= 15 is 0 Å². The Kier molecular flexibility index (Phi) is 6.37. The zero-order valence-electron chi connectivity index (χ0n) is 11.8. The Bertz CT molecular complexity index is 360. The maximum Gasteiger partial charge on any atom is 0.333 e. The van der Waals surface area contributed by atoms with E-state index in [1.54, 1.807) is 20.8 Å². The minimum Gasteiger partial charge on any atom is -0.461 e. The molecule has 0 aliphatic heterocycles. The number of carbonyl (C=O) groups excluding carboxylic acids is 2. The molecule has 0 rings (SSSR count). The van der Waals surface area contributed by atoms with Gasteiger partial charge in [0.2, 0.25) is 0 Å². The van der Waals surface area contributed by atoms with E-state index in [0.29, 0.717) is 5.57 Å². The molecular weight excluding hydrogens is 232 g/mol. The van der Waals surface area contributed by atoms with Crippen LogP contribution in [0.5, 0.6) is 0 Å². The molecule has 0 atom stereocenters. The van der Waals surface area contributed by atoms with Crippen molar-refractivity contribution in [2.75, 3.05) is 13.2 Å². The molecule has 0 fully saturated rings. The predicted molar refractivity (Wildman–Crippen MR) is 69.9 cm³/mol. The van der Waals surface area contributed by atoms with Crippen LogP contribution < -0.4 is 0 Å². The van der Waals surface area contributed by atoms with Crippen LogP contribution in [0.25, 0.3) is 0 Å². The van der Waals surface area contributed by atoms with Crippen molar-refractivity contribution in [3.8, 4) is 0 Å². The molecule has 102 valence electrons. The van der Waals surface area contributed by atoms with Crippen LogP contribution in [-0.2, 0) is 19.1 Å². The highest BCUT2D eigenvalue weighted by atomic mass is 16.6. The number of carbonyl (C=O) groups is 2. The number of esters is 2. The van der Waals surface area contributed by atoms with Gasteiger partial charge in [-0.25, -0.2) is 4.79 Å². The number of allylic oxidation sites excluding steroid dienone is 1. The fourth-order valence-corrected chi connectivity index (χ4v) is 1.36. The summed E-state index contributed by atoms with van der Waals surface area (Å²) in [7, 11) is 0. The van der Waals surface area contributed by atoms with Crippen LogP contribution in [0.2, 0.25) is 0 Å². The summed E-state index contributed by atoms with van der Waals surface area (Å²) in [6.07, 6.45) is 1.84. The van der Waals surface area contributed by atoms with Crippen molar-refractivity contribution in [2.45, 2.75) is 34.6 Å². The lowest BCUT2D eigenvalue weighted by Crippen LogP contribution is -2.26. The second kappa shape index (κ2) is 6.99. The molecule has 0 aromatic heterocycles. The van der Waals surface area contributed by atoms with Crippen molar-refractivity contribution in [2.24, 2.45) is 5.41 Å². The molecule has 4 nitrogen and oxygen atoms in total. The first-order valence-electron chi connectivity index (χ1n) is 5.82. The maximum absolute atomic E-state index is 11.8. The van der Waals surface area contributed by atoms with Crippen LogP contribution in [-0.4, -0.2) is 25.2 Å². The van der Waals surface area contributed by atoms with E-state index in [9.17, 15) is 9.59 Å². The van der Waals surface area contributed by atoms with Gasteiger partial charge in [-0.05, 0) is 34.6 Å². The monoisotopic (exact) mass is 254 g/mol. The lowest BCUT2D eigenvalue weighted by atomic mass is 9.91. The zero-order valence-corrected chi connectivity index (χ0v) is 11.8. The first-order valence-corrected chi connectivity index (χ1v) is 5.82. The Morgan fingerprint density at radius 3 is 2.06 bits per heavy atom. The highest BCUT2D eigenvalue weighted by molar-refractivity contribution is 5.86. The third-order valence-corrected chi connectivity index (χ3v) is 2.07. The van der Waals surface area contributed by atoms with Gasteiger partial charge >= 0.3 is 11.9 Å². The first kappa shape index (κ1) is 16.4. The van der Waals surface area contributed by atoms with E-state index in [-0.39, 0.29) is 19.2 Å². The Balaban J connectivity index is 4.09. The van der Waals surface area contributed by atoms with Crippen LogP contribution in [0.3, 0.4) is 0 Å². The lowest BCUT2D eigenvalue weighted by molar-refractivity contribution is -0.155. The van der Waals surface area contributed by atoms with Gasteiger partial charge in [-0.3, -0.25) is 4.79 Å². The molecule has 0 aromatic carbocycles. The van der Waals surface area contributed by atoms with Crippen LogP contribution in [0.15, 0.2) is 23.8 Å². The van der Waals surface area contributed by atoms with Gasteiger partial charge in [0.25, 0.3) is 0 Å². The summed E-state index contributed by atoms with van der Waals surface area (Å²) in [5, 5.41) is 0.